The smallest absolute Gasteiger partial charge is 0.272 e. The fourth-order valence-corrected chi connectivity index (χ4v) is 3.52. The van der Waals surface area contributed by atoms with Crippen molar-refractivity contribution in [1.29, 1.82) is 0 Å². The normalized spacial score (nSPS) is 11.7. The minimum Gasteiger partial charge on any atom is -0.337 e. The largest absolute Gasteiger partial charge is 0.337 e. The van der Waals surface area contributed by atoms with Crippen LogP contribution in [0.1, 0.15) is 49.4 Å². The molecule has 0 atom stereocenters. The lowest BCUT2D eigenvalue weighted by molar-refractivity contribution is 0.0707. The molecule has 0 aliphatic heterocycles. The molecular formula is C18H26BrN3O. The van der Waals surface area contributed by atoms with E-state index < -0.39 is 0 Å². The zero-order chi connectivity index (χ0) is 17.3. The van der Waals surface area contributed by atoms with Crippen molar-refractivity contribution in [2.45, 2.75) is 41.5 Å². The van der Waals surface area contributed by atoms with Crippen LogP contribution in [0.25, 0.3) is 5.65 Å². The molecular weight excluding hydrogens is 354 g/mol. The molecule has 1 amide bonds. The van der Waals surface area contributed by atoms with Crippen molar-refractivity contribution < 1.29 is 4.79 Å². The van der Waals surface area contributed by atoms with Crippen LogP contribution in [-0.4, -0.2) is 33.3 Å². The SMILES string of the molecule is Cc1cc(Br)c2nc(C)c(C(=O)N(CC(C)C)CC(C)C)n2c1. The van der Waals surface area contributed by atoms with Crippen LogP contribution in [0.5, 0.6) is 0 Å². The molecule has 2 aromatic heterocycles. The number of carbonyl (C=O) groups excluding carboxylic acids is 1. The van der Waals surface area contributed by atoms with Gasteiger partial charge in [0.2, 0.25) is 0 Å². The van der Waals surface area contributed by atoms with Gasteiger partial charge in [0, 0.05) is 19.3 Å². The van der Waals surface area contributed by atoms with Crippen LogP contribution in [0, 0.1) is 25.7 Å². The number of rotatable bonds is 5. The summed E-state index contributed by atoms with van der Waals surface area (Å²) in [6, 6.07) is 2.02. The topological polar surface area (TPSA) is 37.6 Å². The summed E-state index contributed by atoms with van der Waals surface area (Å²) in [5, 5.41) is 0. The second kappa shape index (κ2) is 7.04. The maximum absolute atomic E-state index is 13.2. The molecule has 0 N–H and O–H groups in total. The first-order valence-corrected chi connectivity index (χ1v) is 8.94. The number of carbonyl (C=O) groups is 1. The molecule has 0 saturated carbocycles. The number of nitrogens with zero attached hydrogens (tertiary/aromatic N) is 3. The molecule has 0 aromatic carbocycles. The average molecular weight is 380 g/mol. The van der Waals surface area contributed by atoms with Gasteiger partial charge in [-0.2, -0.15) is 0 Å². The number of pyridine rings is 1. The first-order chi connectivity index (χ1) is 10.7. The number of amides is 1. The van der Waals surface area contributed by atoms with Gasteiger partial charge in [0.25, 0.3) is 5.91 Å². The van der Waals surface area contributed by atoms with Crippen molar-refractivity contribution in [1.82, 2.24) is 14.3 Å². The number of halogens is 1. The highest BCUT2D eigenvalue weighted by Crippen LogP contribution is 2.23. The number of aromatic nitrogens is 2. The molecule has 0 aliphatic rings. The fraction of sp³-hybridized carbons (Fsp3) is 0.556. The van der Waals surface area contributed by atoms with E-state index in [-0.39, 0.29) is 5.91 Å². The van der Waals surface area contributed by atoms with Crippen molar-refractivity contribution in [3.63, 3.8) is 0 Å². The molecule has 0 spiro atoms. The Kier molecular flexibility index (Phi) is 5.50. The van der Waals surface area contributed by atoms with Crippen LogP contribution < -0.4 is 0 Å². The van der Waals surface area contributed by atoms with Gasteiger partial charge in [-0.15, -0.1) is 0 Å². The third-order valence-electron chi connectivity index (χ3n) is 3.65. The molecule has 5 heteroatoms. The first kappa shape index (κ1) is 18.0. The van der Waals surface area contributed by atoms with E-state index in [9.17, 15) is 4.79 Å². The van der Waals surface area contributed by atoms with Crippen LogP contribution in [0.4, 0.5) is 0 Å². The van der Waals surface area contributed by atoms with Gasteiger partial charge in [0.1, 0.15) is 5.69 Å². The lowest BCUT2D eigenvalue weighted by atomic mass is 10.1. The minimum absolute atomic E-state index is 0.0647. The Balaban J connectivity index is 2.52. The van der Waals surface area contributed by atoms with Crippen molar-refractivity contribution >= 4 is 27.5 Å². The molecule has 4 nitrogen and oxygen atoms in total. The molecule has 23 heavy (non-hydrogen) atoms. The Morgan fingerprint density at radius 3 is 2.30 bits per heavy atom. The summed E-state index contributed by atoms with van der Waals surface area (Å²) in [6.07, 6.45) is 1.98. The second-order valence-corrected chi connectivity index (χ2v) is 7.96. The zero-order valence-electron chi connectivity index (χ0n) is 14.9. The summed E-state index contributed by atoms with van der Waals surface area (Å²) < 4.78 is 2.84. The van der Waals surface area contributed by atoms with Gasteiger partial charge in [-0.25, -0.2) is 4.98 Å². The number of aryl methyl sites for hydroxylation is 2. The van der Waals surface area contributed by atoms with E-state index in [1.807, 2.05) is 35.4 Å². The lowest BCUT2D eigenvalue weighted by Gasteiger charge is -2.26. The monoisotopic (exact) mass is 379 g/mol. The summed E-state index contributed by atoms with van der Waals surface area (Å²) in [5.41, 5.74) is 3.34. The molecule has 0 fully saturated rings. The maximum Gasteiger partial charge on any atom is 0.272 e. The number of imidazole rings is 1. The summed E-state index contributed by atoms with van der Waals surface area (Å²) >= 11 is 3.55. The molecule has 2 aromatic rings. The Labute approximate surface area is 147 Å². The number of fused-ring (bicyclic) bond motifs is 1. The molecule has 0 radical (unpaired) electrons. The molecule has 2 heterocycles. The third-order valence-corrected chi connectivity index (χ3v) is 4.23. The van der Waals surface area contributed by atoms with E-state index in [2.05, 4.69) is 48.6 Å². The van der Waals surface area contributed by atoms with Crippen LogP contribution in [-0.2, 0) is 0 Å². The van der Waals surface area contributed by atoms with Crippen LogP contribution in [0.2, 0.25) is 0 Å². The summed E-state index contributed by atoms with van der Waals surface area (Å²) in [7, 11) is 0. The van der Waals surface area contributed by atoms with E-state index in [0.717, 1.165) is 34.5 Å². The highest BCUT2D eigenvalue weighted by atomic mass is 79.9. The van der Waals surface area contributed by atoms with E-state index in [0.29, 0.717) is 17.5 Å². The van der Waals surface area contributed by atoms with Crippen molar-refractivity contribution in [3.8, 4) is 0 Å². The summed E-state index contributed by atoms with van der Waals surface area (Å²) in [5.74, 6) is 0.936. The Hall–Kier alpha value is -1.36. The van der Waals surface area contributed by atoms with Gasteiger partial charge in [0.15, 0.2) is 5.65 Å². The van der Waals surface area contributed by atoms with E-state index >= 15 is 0 Å². The van der Waals surface area contributed by atoms with Gasteiger partial charge < -0.3 is 4.90 Å². The predicted octanol–water partition coefficient (Wildman–Crippen LogP) is 4.47. The zero-order valence-corrected chi connectivity index (χ0v) is 16.4. The van der Waals surface area contributed by atoms with Gasteiger partial charge in [0.05, 0.1) is 10.2 Å². The van der Waals surface area contributed by atoms with Crippen LogP contribution >= 0.6 is 15.9 Å². The van der Waals surface area contributed by atoms with Gasteiger partial charge >= 0.3 is 0 Å². The van der Waals surface area contributed by atoms with Crippen LogP contribution in [0.3, 0.4) is 0 Å². The lowest BCUT2D eigenvalue weighted by Crippen LogP contribution is -2.38. The van der Waals surface area contributed by atoms with Crippen molar-refractivity contribution in [2.75, 3.05) is 13.1 Å². The number of hydrogen-bond acceptors (Lipinski definition) is 2. The van der Waals surface area contributed by atoms with Crippen molar-refractivity contribution in [3.05, 3.63) is 33.7 Å². The molecule has 0 unspecified atom stereocenters. The highest BCUT2D eigenvalue weighted by Gasteiger charge is 2.24. The first-order valence-electron chi connectivity index (χ1n) is 8.14. The molecule has 0 aliphatic carbocycles. The Morgan fingerprint density at radius 2 is 1.78 bits per heavy atom. The molecule has 2 rings (SSSR count). The second-order valence-electron chi connectivity index (χ2n) is 7.10. The Bertz CT molecular complexity index is 709. The fourth-order valence-electron chi connectivity index (χ4n) is 2.87. The molecule has 0 bridgehead atoms. The summed E-state index contributed by atoms with van der Waals surface area (Å²) in [4.78, 5) is 19.7. The van der Waals surface area contributed by atoms with Crippen molar-refractivity contribution in [2.24, 2.45) is 11.8 Å². The minimum atomic E-state index is 0.0647. The Morgan fingerprint density at radius 1 is 1.22 bits per heavy atom. The van der Waals surface area contributed by atoms with E-state index in [4.69, 9.17) is 0 Å². The standard InChI is InChI=1S/C18H26BrN3O/c1-11(2)8-21(9-12(3)4)18(23)16-14(6)20-17-15(19)7-13(5)10-22(16)17/h7,10-12H,8-9H2,1-6H3. The third kappa shape index (κ3) is 3.94. The van der Waals surface area contributed by atoms with E-state index in [1.54, 1.807) is 0 Å². The quantitative estimate of drug-likeness (QED) is 0.768. The van der Waals surface area contributed by atoms with Gasteiger partial charge in [-0.1, -0.05) is 27.7 Å². The number of hydrogen-bond donors (Lipinski definition) is 0. The van der Waals surface area contributed by atoms with E-state index in [1.165, 1.54) is 0 Å². The van der Waals surface area contributed by atoms with Crippen LogP contribution in [0.15, 0.2) is 16.7 Å². The van der Waals surface area contributed by atoms with Gasteiger partial charge in [-0.05, 0) is 53.2 Å². The predicted molar refractivity (Wildman–Crippen MR) is 97.9 cm³/mol. The van der Waals surface area contributed by atoms with Gasteiger partial charge in [-0.3, -0.25) is 9.20 Å². The molecule has 126 valence electrons. The highest BCUT2D eigenvalue weighted by molar-refractivity contribution is 9.10. The maximum atomic E-state index is 13.2. The average Bonchev–Trinajstić information content (AvgIpc) is 2.72. The summed E-state index contributed by atoms with van der Waals surface area (Å²) in [6.45, 7) is 14.0. The molecule has 0 saturated heterocycles.